The van der Waals surface area contributed by atoms with Gasteiger partial charge in [0.25, 0.3) is 0 Å². The van der Waals surface area contributed by atoms with E-state index in [4.69, 9.17) is 7.74 Å². The fourth-order valence-corrected chi connectivity index (χ4v) is 1.44. The van der Waals surface area contributed by atoms with Gasteiger partial charge in [-0.05, 0) is 11.8 Å². The molecule has 58 valence electrons. The van der Waals surface area contributed by atoms with Crippen molar-refractivity contribution in [2.75, 3.05) is 0 Å². The molecule has 0 fully saturated rings. The average Bonchev–Trinajstić information content (AvgIpc) is 2.53. The van der Waals surface area contributed by atoms with Gasteiger partial charge in [-0.3, -0.25) is 0 Å². The maximum Gasteiger partial charge on any atom is 0.0555 e. The van der Waals surface area contributed by atoms with Crippen LogP contribution in [-0.4, -0.2) is 22.0 Å². The van der Waals surface area contributed by atoms with Crippen molar-refractivity contribution in [3.8, 4) is 0 Å². The Morgan fingerprint density at radius 1 is 1.58 bits per heavy atom. The number of hydrogen-bond acceptors (Lipinski definition) is 0. The second-order valence-corrected chi connectivity index (χ2v) is 3.84. The summed E-state index contributed by atoms with van der Waals surface area (Å²) >= 11 is 0. The predicted octanol–water partition coefficient (Wildman–Crippen LogP) is 1.72. The van der Waals surface area contributed by atoms with E-state index in [0.29, 0.717) is 0 Å². The van der Waals surface area contributed by atoms with Crippen LogP contribution >= 0.6 is 0 Å². The zero-order valence-corrected chi connectivity index (χ0v) is 7.88. The van der Waals surface area contributed by atoms with Gasteiger partial charge in [0, 0.05) is 14.8 Å². The zero-order valence-electron chi connectivity index (χ0n) is 7.88. The molecule has 4 radical (unpaired) electrons. The van der Waals surface area contributed by atoms with Gasteiger partial charge in [0.2, 0.25) is 0 Å². The second kappa shape index (κ2) is 4.07. The van der Waals surface area contributed by atoms with Crippen LogP contribution < -0.4 is 0 Å². The molecule has 0 bridgehead atoms. The maximum atomic E-state index is 5.32. The molecule has 0 aromatic rings. The fourth-order valence-electron chi connectivity index (χ4n) is 1.44. The van der Waals surface area contributed by atoms with E-state index < -0.39 is 0 Å². The molecule has 0 heterocycles. The molecule has 0 N–H and O–H groups in total. The van der Waals surface area contributed by atoms with E-state index in [1.807, 2.05) is 7.17 Å². The normalized spacial score (nSPS) is 16.0. The molecular weight excluding hydrogens is 141 g/mol. The van der Waals surface area contributed by atoms with Crippen LogP contribution in [0.25, 0.3) is 0 Å². The zero-order chi connectivity index (χ0) is 9.03. The minimum atomic E-state index is 0.263. The Kier molecular flexibility index (Phi) is 3.31. The first kappa shape index (κ1) is 9.76. The van der Waals surface area contributed by atoms with Crippen molar-refractivity contribution >= 4 is 22.0 Å². The average molecular weight is 154 g/mol. The summed E-state index contributed by atoms with van der Waals surface area (Å²) in [7, 11) is 8.98. The molecule has 1 aliphatic carbocycles. The molecule has 0 aromatic heterocycles. The van der Waals surface area contributed by atoms with Crippen molar-refractivity contribution in [3.05, 3.63) is 23.8 Å². The van der Waals surface area contributed by atoms with Crippen molar-refractivity contribution in [1.29, 1.82) is 0 Å². The van der Waals surface area contributed by atoms with Crippen LogP contribution in [0.1, 0.15) is 20.3 Å². The van der Waals surface area contributed by atoms with Gasteiger partial charge in [-0.1, -0.05) is 44.0 Å². The lowest BCUT2D eigenvalue weighted by atomic mass is 9.25. The van der Waals surface area contributed by atoms with E-state index in [-0.39, 0.29) is 5.41 Å². The highest BCUT2D eigenvalue weighted by atomic mass is 14.2. The molecule has 1 rings (SSSR count). The van der Waals surface area contributed by atoms with E-state index in [2.05, 4.69) is 32.1 Å². The summed E-state index contributed by atoms with van der Waals surface area (Å²) in [6.07, 6.45) is 8.67. The van der Waals surface area contributed by atoms with E-state index in [1.165, 1.54) is 5.57 Å². The molecule has 0 saturated carbocycles. The van der Waals surface area contributed by atoms with Crippen LogP contribution in [0.5, 0.6) is 0 Å². The molecule has 0 nitrogen and oxygen atoms in total. The molecule has 0 unspecified atom stereocenters. The van der Waals surface area contributed by atoms with Crippen LogP contribution in [-0.2, 0) is 0 Å². The van der Waals surface area contributed by atoms with Gasteiger partial charge in [-0.25, -0.2) is 0 Å². The van der Waals surface area contributed by atoms with Gasteiger partial charge in [-0.15, -0.1) is 0 Å². The summed E-state index contributed by atoms with van der Waals surface area (Å²) in [5, 5.41) is 0. The van der Waals surface area contributed by atoms with Gasteiger partial charge in [0.15, 0.2) is 0 Å². The van der Waals surface area contributed by atoms with Crippen LogP contribution in [0, 0.1) is 5.41 Å². The standard InChI is InChI=1S/C9H13B3/c1-9(2,7-11-12-10)8-5-3-4-6-8/h3-5H,6-7H2,1-2H3. The first-order chi connectivity index (χ1) is 5.67. The molecule has 0 amide bonds. The lowest BCUT2D eigenvalue weighted by molar-refractivity contribution is 0.495. The first-order valence-corrected chi connectivity index (χ1v) is 4.40. The molecule has 3 heteroatoms. The Morgan fingerprint density at radius 2 is 2.33 bits per heavy atom. The molecule has 0 spiro atoms. The lowest BCUT2D eigenvalue weighted by Gasteiger charge is -2.26. The van der Waals surface area contributed by atoms with Crippen LogP contribution in [0.3, 0.4) is 0 Å². The van der Waals surface area contributed by atoms with Gasteiger partial charge >= 0.3 is 0 Å². The Morgan fingerprint density at radius 3 is 2.83 bits per heavy atom. The van der Waals surface area contributed by atoms with Crippen molar-refractivity contribution in [2.45, 2.75) is 26.6 Å². The first-order valence-electron chi connectivity index (χ1n) is 4.40. The van der Waals surface area contributed by atoms with E-state index in [1.54, 1.807) is 7.06 Å². The van der Waals surface area contributed by atoms with E-state index in [0.717, 1.165) is 12.7 Å². The van der Waals surface area contributed by atoms with Crippen LogP contribution in [0.4, 0.5) is 0 Å². The van der Waals surface area contributed by atoms with Crippen molar-refractivity contribution in [2.24, 2.45) is 5.41 Å². The second-order valence-electron chi connectivity index (χ2n) is 3.84. The minimum Gasteiger partial charge on any atom is -0.0808 e. The predicted molar refractivity (Wildman–Crippen MR) is 57.7 cm³/mol. The SMILES string of the molecule is [B][B][B]CC(C)(C)C1=CC=CC1. The number of allylic oxidation sites excluding steroid dienone is 4. The summed E-state index contributed by atoms with van der Waals surface area (Å²) < 4.78 is 0. The molecule has 12 heavy (non-hydrogen) atoms. The largest absolute Gasteiger partial charge is 0.0808 e. The molecule has 0 saturated heterocycles. The summed E-state index contributed by atoms with van der Waals surface area (Å²) in [4.78, 5) is 0. The third-order valence-corrected chi connectivity index (χ3v) is 2.40. The van der Waals surface area contributed by atoms with Crippen molar-refractivity contribution < 1.29 is 0 Å². The Balaban J connectivity index is 2.47. The van der Waals surface area contributed by atoms with Crippen molar-refractivity contribution in [3.63, 3.8) is 0 Å². The Hall–Kier alpha value is -0.325. The van der Waals surface area contributed by atoms with E-state index in [9.17, 15) is 0 Å². The number of hydrogen-bond donors (Lipinski definition) is 0. The third kappa shape index (κ3) is 2.33. The monoisotopic (exact) mass is 154 g/mol. The number of rotatable bonds is 4. The lowest BCUT2D eigenvalue weighted by Crippen LogP contribution is -2.19. The molecule has 0 aliphatic heterocycles. The minimum absolute atomic E-state index is 0.263. The summed E-state index contributed by atoms with van der Waals surface area (Å²) in [5.41, 5.74) is 1.76. The van der Waals surface area contributed by atoms with Crippen molar-refractivity contribution in [1.82, 2.24) is 0 Å². The topological polar surface area (TPSA) is 0 Å². The van der Waals surface area contributed by atoms with Crippen LogP contribution in [0.2, 0.25) is 6.32 Å². The molecule has 0 atom stereocenters. The molecule has 0 aromatic carbocycles. The quantitative estimate of drug-likeness (QED) is 0.540. The highest BCUT2D eigenvalue weighted by Gasteiger charge is 2.22. The van der Waals surface area contributed by atoms with Gasteiger partial charge in [-0.2, -0.15) is 0 Å². The van der Waals surface area contributed by atoms with Gasteiger partial charge < -0.3 is 0 Å². The smallest absolute Gasteiger partial charge is 0.0555 e. The van der Waals surface area contributed by atoms with Gasteiger partial charge in [0.1, 0.15) is 0 Å². The van der Waals surface area contributed by atoms with Crippen LogP contribution in [0.15, 0.2) is 23.8 Å². The third-order valence-electron chi connectivity index (χ3n) is 2.40. The fraction of sp³-hybridized carbons (Fsp3) is 0.556. The molecular formula is C9H13B3. The maximum absolute atomic E-state index is 5.32. The summed E-state index contributed by atoms with van der Waals surface area (Å²) in [5.74, 6) is 0. The Labute approximate surface area is 78.4 Å². The highest BCUT2D eigenvalue weighted by Crippen LogP contribution is 2.34. The molecule has 1 aliphatic rings. The van der Waals surface area contributed by atoms with E-state index >= 15 is 0 Å². The summed E-state index contributed by atoms with van der Waals surface area (Å²) in [6.45, 7) is 4.51. The van der Waals surface area contributed by atoms with Gasteiger partial charge in [0.05, 0.1) is 7.17 Å². The highest BCUT2D eigenvalue weighted by molar-refractivity contribution is 7.23. The summed E-state index contributed by atoms with van der Waals surface area (Å²) in [6, 6.07) is 0. The Bertz CT molecular complexity index is 204.